The molecule has 0 spiro atoms. The van der Waals surface area contributed by atoms with Gasteiger partial charge in [-0.3, -0.25) is 4.79 Å². The van der Waals surface area contributed by atoms with Gasteiger partial charge in [-0.25, -0.2) is 13.8 Å². The van der Waals surface area contributed by atoms with Crippen molar-refractivity contribution in [3.05, 3.63) is 100 Å². The summed E-state index contributed by atoms with van der Waals surface area (Å²) in [6, 6.07) is 15.5. The summed E-state index contributed by atoms with van der Waals surface area (Å²) in [6.07, 6.45) is -0.0810. The molecule has 0 unspecified atom stereocenters. The van der Waals surface area contributed by atoms with Crippen LogP contribution in [-0.4, -0.2) is 34.7 Å². The first-order valence-corrected chi connectivity index (χ1v) is 11.9. The monoisotopic (exact) mass is 493 g/mol. The Morgan fingerprint density at radius 2 is 1.75 bits per heavy atom. The normalized spacial score (nSPS) is 13.0. The number of nitrogens with one attached hydrogen (secondary N) is 2. The van der Waals surface area contributed by atoms with Crippen LogP contribution in [0.3, 0.4) is 0 Å². The highest BCUT2D eigenvalue weighted by molar-refractivity contribution is 6.04. The van der Waals surface area contributed by atoms with Gasteiger partial charge in [0.15, 0.2) is 11.5 Å². The van der Waals surface area contributed by atoms with Crippen LogP contribution in [-0.2, 0) is 19.4 Å². The number of aryl methyl sites for hydroxylation is 2. The molecule has 0 saturated heterocycles. The molecule has 3 aromatic carbocycles. The minimum absolute atomic E-state index is 0.0302. The van der Waals surface area contributed by atoms with Gasteiger partial charge in [0.2, 0.25) is 0 Å². The average molecular weight is 494 g/mol. The fourth-order valence-electron chi connectivity index (χ4n) is 4.22. The molecule has 0 aliphatic rings. The Balaban J connectivity index is 1.51. The summed E-state index contributed by atoms with van der Waals surface area (Å²) >= 11 is 0. The van der Waals surface area contributed by atoms with Gasteiger partial charge in [-0.2, -0.15) is 0 Å². The molecule has 0 aliphatic heterocycles. The van der Waals surface area contributed by atoms with Gasteiger partial charge in [0.25, 0.3) is 5.91 Å². The first-order valence-electron chi connectivity index (χ1n) is 11.9. The van der Waals surface area contributed by atoms with Crippen molar-refractivity contribution in [1.29, 1.82) is 0 Å². The van der Waals surface area contributed by atoms with Crippen LogP contribution in [0, 0.1) is 18.6 Å². The molecule has 1 aromatic heterocycles. The molecule has 0 aliphatic carbocycles. The molecule has 2 atom stereocenters. The fraction of sp³-hybridized carbons (Fsp3) is 0.286. The second-order valence-corrected chi connectivity index (χ2v) is 8.82. The molecule has 0 radical (unpaired) electrons. The number of carbonyl (C=O) groups is 1. The summed E-state index contributed by atoms with van der Waals surface area (Å²) in [7, 11) is 0. The van der Waals surface area contributed by atoms with Crippen molar-refractivity contribution < 1.29 is 23.1 Å². The standard InChI is InChI=1S/C28H29F2N3O3/c1-3-18-6-4-7-19(10-18)15-31-16-25(34)24(13-20-11-21(29)14-22(30)12-20)33-28(35)23-8-5-9-26-27(23)32-17(2)36-26/h4-12,14,24-25,31,34H,3,13,15-16H2,1-2H3,(H,33,35)/t24-,25+/m0/s1. The maximum absolute atomic E-state index is 13.8. The Morgan fingerprint density at radius 3 is 2.50 bits per heavy atom. The van der Waals surface area contributed by atoms with E-state index in [0.29, 0.717) is 29.1 Å². The lowest BCUT2D eigenvalue weighted by molar-refractivity contribution is 0.0831. The van der Waals surface area contributed by atoms with E-state index >= 15 is 0 Å². The van der Waals surface area contributed by atoms with E-state index in [0.717, 1.165) is 18.1 Å². The highest BCUT2D eigenvalue weighted by Gasteiger charge is 2.24. The number of halogens is 2. The Bertz CT molecular complexity index is 1330. The maximum atomic E-state index is 13.8. The molecule has 0 bridgehead atoms. The number of amides is 1. The number of fused-ring (bicyclic) bond motifs is 1. The second-order valence-electron chi connectivity index (χ2n) is 8.82. The zero-order valence-corrected chi connectivity index (χ0v) is 20.2. The molecule has 0 saturated carbocycles. The van der Waals surface area contributed by atoms with Gasteiger partial charge in [-0.05, 0) is 53.8 Å². The molecule has 8 heteroatoms. The fourth-order valence-corrected chi connectivity index (χ4v) is 4.22. The topological polar surface area (TPSA) is 87.4 Å². The average Bonchev–Trinajstić information content (AvgIpc) is 3.23. The second kappa shape index (κ2) is 11.4. The molecule has 3 N–H and O–H groups in total. The number of nitrogens with zero attached hydrogens (tertiary/aromatic N) is 1. The van der Waals surface area contributed by atoms with E-state index in [9.17, 15) is 18.7 Å². The maximum Gasteiger partial charge on any atom is 0.253 e. The SMILES string of the molecule is CCc1cccc(CNC[C@@H](O)[C@H](Cc2cc(F)cc(F)c2)NC(=O)c2cccc3oc(C)nc23)c1. The van der Waals surface area contributed by atoms with Gasteiger partial charge in [-0.1, -0.05) is 37.3 Å². The van der Waals surface area contributed by atoms with Crippen molar-refractivity contribution in [2.45, 2.75) is 45.4 Å². The zero-order valence-electron chi connectivity index (χ0n) is 20.2. The minimum atomic E-state index is -1.03. The van der Waals surface area contributed by atoms with Gasteiger partial charge in [0.1, 0.15) is 17.2 Å². The van der Waals surface area contributed by atoms with Crippen molar-refractivity contribution in [1.82, 2.24) is 15.6 Å². The molecule has 1 amide bonds. The van der Waals surface area contributed by atoms with Crippen LogP contribution in [0.4, 0.5) is 8.78 Å². The van der Waals surface area contributed by atoms with Crippen LogP contribution < -0.4 is 10.6 Å². The molecule has 36 heavy (non-hydrogen) atoms. The first-order chi connectivity index (χ1) is 17.3. The number of aliphatic hydroxyl groups is 1. The quantitative estimate of drug-likeness (QED) is 0.304. The summed E-state index contributed by atoms with van der Waals surface area (Å²) in [4.78, 5) is 17.5. The summed E-state index contributed by atoms with van der Waals surface area (Å²) in [5.74, 6) is -1.48. The number of rotatable bonds is 10. The van der Waals surface area contributed by atoms with Crippen LogP contribution >= 0.6 is 0 Å². The summed E-state index contributed by atoms with van der Waals surface area (Å²) in [5.41, 5.74) is 3.78. The van der Waals surface area contributed by atoms with Crippen LogP contribution in [0.25, 0.3) is 11.1 Å². The number of carbonyl (C=O) groups excluding carboxylic acids is 1. The van der Waals surface area contributed by atoms with E-state index in [1.807, 2.05) is 12.1 Å². The van der Waals surface area contributed by atoms with Crippen molar-refractivity contribution in [3.8, 4) is 0 Å². The Morgan fingerprint density at radius 1 is 1.03 bits per heavy atom. The third-order valence-electron chi connectivity index (χ3n) is 6.01. The zero-order chi connectivity index (χ0) is 25.7. The predicted molar refractivity (Wildman–Crippen MR) is 134 cm³/mol. The smallest absolute Gasteiger partial charge is 0.253 e. The number of benzene rings is 3. The van der Waals surface area contributed by atoms with Crippen LogP contribution in [0.15, 0.2) is 65.1 Å². The molecule has 4 aromatic rings. The number of para-hydroxylation sites is 1. The van der Waals surface area contributed by atoms with Crippen molar-refractivity contribution in [2.75, 3.05) is 6.54 Å². The van der Waals surface area contributed by atoms with E-state index < -0.39 is 29.7 Å². The molecule has 6 nitrogen and oxygen atoms in total. The van der Waals surface area contributed by atoms with Crippen LogP contribution in [0.1, 0.15) is 39.9 Å². The molecule has 4 rings (SSSR count). The van der Waals surface area contributed by atoms with Gasteiger partial charge in [-0.15, -0.1) is 0 Å². The van der Waals surface area contributed by atoms with Gasteiger partial charge < -0.3 is 20.2 Å². The van der Waals surface area contributed by atoms with Gasteiger partial charge in [0.05, 0.1) is 17.7 Å². The molecular weight excluding hydrogens is 464 g/mol. The van der Waals surface area contributed by atoms with E-state index in [1.54, 1.807) is 25.1 Å². The highest BCUT2D eigenvalue weighted by Crippen LogP contribution is 2.20. The Labute approximate surface area is 208 Å². The largest absolute Gasteiger partial charge is 0.441 e. The minimum Gasteiger partial charge on any atom is -0.441 e. The van der Waals surface area contributed by atoms with E-state index in [4.69, 9.17) is 4.42 Å². The van der Waals surface area contributed by atoms with Gasteiger partial charge in [0, 0.05) is 26.1 Å². The van der Waals surface area contributed by atoms with Crippen LogP contribution in [0.5, 0.6) is 0 Å². The number of aliphatic hydroxyl groups excluding tert-OH is 1. The summed E-state index contributed by atoms with van der Waals surface area (Å²) < 4.78 is 33.1. The molecular formula is C28H29F2N3O3. The summed E-state index contributed by atoms with van der Waals surface area (Å²) in [5, 5.41) is 17.0. The number of hydrogen-bond acceptors (Lipinski definition) is 5. The van der Waals surface area contributed by atoms with Crippen molar-refractivity contribution in [2.24, 2.45) is 0 Å². The highest BCUT2D eigenvalue weighted by atomic mass is 19.1. The lowest BCUT2D eigenvalue weighted by Gasteiger charge is -2.25. The predicted octanol–water partition coefficient (Wildman–Crippen LogP) is 4.47. The van der Waals surface area contributed by atoms with Gasteiger partial charge >= 0.3 is 0 Å². The number of oxazole rings is 1. The van der Waals surface area contributed by atoms with Crippen molar-refractivity contribution in [3.63, 3.8) is 0 Å². The van der Waals surface area contributed by atoms with E-state index in [2.05, 4.69) is 34.7 Å². The molecule has 0 fully saturated rings. The van der Waals surface area contributed by atoms with Crippen LogP contribution in [0.2, 0.25) is 0 Å². The van der Waals surface area contributed by atoms with E-state index in [-0.39, 0.29) is 18.5 Å². The number of hydrogen-bond donors (Lipinski definition) is 3. The van der Waals surface area contributed by atoms with E-state index in [1.165, 1.54) is 17.7 Å². The van der Waals surface area contributed by atoms with Crippen molar-refractivity contribution >= 4 is 17.0 Å². The number of aromatic nitrogens is 1. The lowest BCUT2D eigenvalue weighted by atomic mass is 9.99. The first kappa shape index (κ1) is 25.5. The third-order valence-corrected chi connectivity index (χ3v) is 6.01. The Hall–Kier alpha value is -3.62. The lowest BCUT2D eigenvalue weighted by Crippen LogP contribution is -2.48. The molecule has 188 valence electrons. The Kier molecular flexibility index (Phi) is 8.07. The molecule has 1 heterocycles. The third kappa shape index (κ3) is 6.33. The summed E-state index contributed by atoms with van der Waals surface area (Å²) in [6.45, 7) is 4.46.